The number of carbonyl (C=O) groups is 5. The average molecular weight is 555 g/mol. The number of carboxylic acids is 1. The lowest BCUT2D eigenvalue weighted by atomic mass is 10.0. The summed E-state index contributed by atoms with van der Waals surface area (Å²) in [5.41, 5.74) is 2.66. The van der Waals surface area contributed by atoms with Gasteiger partial charge in [-0.2, -0.15) is 8.78 Å². The number of amides is 3. The molecule has 0 aliphatic carbocycles. The fraction of sp³-hybridized carbons (Fsp3) is 0.320. The second kappa shape index (κ2) is 13.3. The van der Waals surface area contributed by atoms with Crippen molar-refractivity contribution >= 4 is 29.5 Å². The molecule has 0 heterocycles. The van der Waals surface area contributed by atoms with Gasteiger partial charge in [-0.25, -0.2) is 8.78 Å². The van der Waals surface area contributed by atoms with Gasteiger partial charge in [0, 0.05) is 12.6 Å². The summed E-state index contributed by atoms with van der Waals surface area (Å²) in [6.07, 6.45) is -1.01. The van der Waals surface area contributed by atoms with E-state index in [1.807, 2.05) is 25.2 Å². The summed E-state index contributed by atoms with van der Waals surface area (Å²) in [5, 5.41) is 15.6. The summed E-state index contributed by atoms with van der Waals surface area (Å²) < 4.78 is 58.6. The van der Waals surface area contributed by atoms with E-state index in [2.05, 4.69) is 15.4 Å². The summed E-state index contributed by atoms with van der Waals surface area (Å²) >= 11 is 0. The van der Waals surface area contributed by atoms with Gasteiger partial charge in [0.15, 0.2) is 23.2 Å². The molecule has 0 spiro atoms. The molecule has 0 aromatic heterocycles. The molecule has 0 bridgehead atoms. The molecule has 0 saturated heterocycles. The van der Waals surface area contributed by atoms with Crippen molar-refractivity contribution in [3.8, 4) is 5.75 Å². The number of halogens is 4. The zero-order chi connectivity index (χ0) is 29.4. The SMILES string of the molecule is Cc1cccc(CNC(=O)C(=O)N[C@@H](C)C(=O)N[C@@H](CC(=O)O)C(=O)COc2c(F)c(F)cc(F)c2F)c1C. The van der Waals surface area contributed by atoms with E-state index >= 15 is 0 Å². The Morgan fingerprint density at radius 1 is 0.949 bits per heavy atom. The van der Waals surface area contributed by atoms with Crippen LogP contribution in [0.4, 0.5) is 17.6 Å². The second-order valence-electron chi connectivity index (χ2n) is 8.45. The van der Waals surface area contributed by atoms with Crippen molar-refractivity contribution in [3.05, 3.63) is 64.2 Å². The number of ketones is 1. The highest BCUT2D eigenvalue weighted by Crippen LogP contribution is 2.26. The fourth-order valence-corrected chi connectivity index (χ4v) is 3.23. The maximum atomic E-state index is 13.7. The van der Waals surface area contributed by atoms with Gasteiger partial charge in [0.2, 0.25) is 17.5 Å². The van der Waals surface area contributed by atoms with E-state index in [0.717, 1.165) is 23.6 Å². The second-order valence-corrected chi connectivity index (χ2v) is 8.45. The van der Waals surface area contributed by atoms with E-state index in [9.17, 15) is 41.5 Å². The predicted octanol–water partition coefficient (Wildman–Crippen LogP) is 1.59. The number of rotatable bonds is 11. The minimum atomic E-state index is -1.92. The Balaban J connectivity index is 1.99. The van der Waals surface area contributed by atoms with Crippen LogP contribution in [0.1, 0.15) is 30.0 Å². The molecule has 0 unspecified atom stereocenters. The van der Waals surface area contributed by atoms with Gasteiger partial charge in [0.25, 0.3) is 0 Å². The monoisotopic (exact) mass is 555 g/mol. The van der Waals surface area contributed by atoms with Gasteiger partial charge < -0.3 is 25.8 Å². The standard InChI is InChI=1S/C25H25F4N3O7/c1-11-5-4-6-14(12(11)2)9-30-24(37)25(38)31-13(3)23(36)32-17(8-19(34)35)18(33)10-39-22-20(28)15(26)7-16(27)21(22)29/h4-7,13,17H,8-10H2,1-3H3,(H,30,37)(H,31,38)(H,32,36)(H,34,35)/t13-,17-/m0/s1. The first kappa shape index (κ1) is 30.7. The van der Waals surface area contributed by atoms with E-state index < -0.39 is 83.6 Å². The van der Waals surface area contributed by atoms with Gasteiger partial charge in [-0.3, -0.25) is 24.0 Å². The number of benzene rings is 2. The van der Waals surface area contributed by atoms with Crippen LogP contribution in [-0.2, 0) is 30.5 Å². The molecule has 0 aliphatic heterocycles. The van der Waals surface area contributed by atoms with E-state index in [4.69, 9.17) is 5.11 Å². The highest BCUT2D eigenvalue weighted by molar-refractivity contribution is 6.35. The number of aryl methyl sites for hydroxylation is 1. The third kappa shape index (κ3) is 8.25. The molecule has 0 radical (unpaired) electrons. The Morgan fingerprint density at radius 3 is 2.15 bits per heavy atom. The van der Waals surface area contributed by atoms with Crippen molar-refractivity contribution in [2.45, 2.75) is 45.8 Å². The summed E-state index contributed by atoms with van der Waals surface area (Å²) in [6.45, 7) is 3.62. The molecule has 39 heavy (non-hydrogen) atoms. The van der Waals surface area contributed by atoms with Crippen molar-refractivity contribution < 1.29 is 51.4 Å². The smallest absolute Gasteiger partial charge is 0.309 e. The van der Waals surface area contributed by atoms with Crippen molar-refractivity contribution in [2.24, 2.45) is 0 Å². The number of hydrogen-bond acceptors (Lipinski definition) is 6. The first-order valence-corrected chi connectivity index (χ1v) is 11.4. The molecule has 2 atom stereocenters. The number of ether oxygens (including phenoxy) is 1. The topological polar surface area (TPSA) is 151 Å². The molecular formula is C25H25F4N3O7. The normalized spacial score (nSPS) is 12.2. The van der Waals surface area contributed by atoms with Gasteiger partial charge in [0.1, 0.15) is 18.7 Å². The zero-order valence-corrected chi connectivity index (χ0v) is 21.0. The summed E-state index contributed by atoms with van der Waals surface area (Å²) in [4.78, 5) is 60.4. The molecule has 10 nitrogen and oxygen atoms in total. The van der Waals surface area contributed by atoms with Gasteiger partial charge in [0.05, 0.1) is 6.42 Å². The minimum Gasteiger partial charge on any atom is -0.481 e. The molecule has 4 N–H and O–H groups in total. The van der Waals surface area contributed by atoms with Crippen molar-refractivity contribution in [1.29, 1.82) is 0 Å². The lowest BCUT2D eigenvalue weighted by molar-refractivity contribution is -0.142. The van der Waals surface area contributed by atoms with Gasteiger partial charge in [-0.15, -0.1) is 0 Å². The summed E-state index contributed by atoms with van der Waals surface area (Å²) in [6, 6.07) is 2.08. The first-order chi connectivity index (χ1) is 18.2. The molecule has 210 valence electrons. The summed E-state index contributed by atoms with van der Waals surface area (Å²) in [5.74, 6) is -15.1. The largest absolute Gasteiger partial charge is 0.481 e. The van der Waals surface area contributed by atoms with Crippen LogP contribution in [0.5, 0.6) is 5.75 Å². The molecule has 2 aromatic rings. The number of Topliss-reactive ketones (excluding diaryl/α,β-unsaturated/α-hetero) is 1. The zero-order valence-electron chi connectivity index (χ0n) is 21.0. The molecule has 0 aliphatic rings. The lowest BCUT2D eigenvalue weighted by Gasteiger charge is -2.20. The summed E-state index contributed by atoms with van der Waals surface area (Å²) in [7, 11) is 0. The van der Waals surface area contributed by atoms with Gasteiger partial charge in [-0.05, 0) is 37.5 Å². The third-order valence-corrected chi connectivity index (χ3v) is 5.62. The van der Waals surface area contributed by atoms with Crippen LogP contribution in [0.3, 0.4) is 0 Å². The van der Waals surface area contributed by atoms with Crippen LogP contribution in [0.15, 0.2) is 24.3 Å². The van der Waals surface area contributed by atoms with Crippen LogP contribution in [0.25, 0.3) is 0 Å². The molecule has 2 rings (SSSR count). The first-order valence-electron chi connectivity index (χ1n) is 11.4. The highest BCUT2D eigenvalue weighted by atomic mass is 19.2. The van der Waals surface area contributed by atoms with Crippen LogP contribution in [0.2, 0.25) is 0 Å². The van der Waals surface area contributed by atoms with Crippen LogP contribution < -0.4 is 20.7 Å². The van der Waals surface area contributed by atoms with Gasteiger partial charge in [-0.1, -0.05) is 18.2 Å². The maximum Gasteiger partial charge on any atom is 0.309 e. The quantitative estimate of drug-likeness (QED) is 0.187. The number of aliphatic carboxylic acids is 1. The molecular weight excluding hydrogens is 530 g/mol. The maximum absolute atomic E-state index is 13.7. The Labute approximate surface area is 219 Å². The Morgan fingerprint density at radius 2 is 1.56 bits per heavy atom. The molecule has 0 saturated carbocycles. The van der Waals surface area contributed by atoms with Crippen molar-refractivity contribution in [1.82, 2.24) is 16.0 Å². The van der Waals surface area contributed by atoms with Crippen LogP contribution in [-0.4, -0.2) is 53.3 Å². The van der Waals surface area contributed by atoms with Gasteiger partial charge >= 0.3 is 17.8 Å². The number of carboxylic acid groups (broad SMARTS) is 1. The van der Waals surface area contributed by atoms with Crippen molar-refractivity contribution in [2.75, 3.05) is 6.61 Å². The third-order valence-electron chi connectivity index (χ3n) is 5.62. The molecule has 14 heteroatoms. The number of hydrogen-bond donors (Lipinski definition) is 4. The van der Waals surface area contributed by atoms with Crippen LogP contribution >= 0.6 is 0 Å². The van der Waals surface area contributed by atoms with Crippen molar-refractivity contribution in [3.63, 3.8) is 0 Å². The Kier molecular flexibility index (Phi) is 10.5. The average Bonchev–Trinajstić information content (AvgIpc) is 2.87. The highest BCUT2D eigenvalue weighted by Gasteiger charge is 2.29. The number of nitrogens with one attached hydrogen (secondary N) is 3. The van der Waals surface area contributed by atoms with E-state index in [1.165, 1.54) is 0 Å². The Bertz CT molecular complexity index is 1280. The molecule has 2 aromatic carbocycles. The fourth-order valence-electron chi connectivity index (χ4n) is 3.23. The molecule has 3 amide bonds. The van der Waals surface area contributed by atoms with Crippen LogP contribution in [0, 0.1) is 37.1 Å². The Hall–Kier alpha value is -4.49. The van der Waals surface area contributed by atoms with E-state index in [-0.39, 0.29) is 12.6 Å². The van der Waals surface area contributed by atoms with E-state index in [1.54, 1.807) is 12.1 Å². The minimum absolute atomic E-state index is 0.0337. The molecule has 0 fully saturated rings. The lowest BCUT2D eigenvalue weighted by Crippen LogP contribution is -2.53. The number of carbonyl (C=O) groups excluding carboxylic acids is 4. The van der Waals surface area contributed by atoms with E-state index in [0.29, 0.717) is 0 Å². The predicted molar refractivity (Wildman–Crippen MR) is 126 cm³/mol.